The summed E-state index contributed by atoms with van der Waals surface area (Å²) >= 11 is 0. The summed E-state index contributed by atoms with van der Waals surface area (Å²) < 4.78 is 26.3. The topological polar surface area (TPSA) is 188 Å². The molecule has 0 bridgehead atoms. The molecule has 0 aromatic carbocycles. The van der Waals surface area contributed by atoms with E-state index in [0.717, 1.165) is 12.8 Å². The highest BCUT2D eigenvalue weighted by Crippen LogP contribution is 2.35. The molecule has 2 aliphatic rings. The molecule has 2 rings (SSSR count). The Morgan fingerprint density at radius 1 is 0.891 bits per heavy atom. The van der Waals surface area contributed by atoms with Gasteiger partial charge in [-0.15, -0.1) is 0 Å². The molecule has 14 heteroatoms. The molecular weight excluding hydrogens is 612 g/mol. The highest BCUT2D eigenvalue weighted by atomic mass is 32.2. The molecule has 1 aliphatic heterocycles. The molecule has 5 amide bonds. The Morgan fingerprint density at radius 2 is 1.46 bits per heavy atom. The lowest BCUT2D eigenvalue weighted by atomic mass is 9.85. The molecule has 1 saturated heterocycles. The van der Waals surface area contributed by atoms with Crippen LogP contribution in [0, 0.1) is 22.7 Å². The van der Waals surface area contributed by atoms with Crippen LogP contribution in [-0.2, 0) is 29.2 Å². The molecule has 1 aliphatic carbocycles. The molecule has 2 fully saturated rings. The van der Waals surface area contributed by atoms with Crippen molar-refractivity contribution < 1.29 is 32.4 Å². The highest BCUT2D eigenvalue weighted by Gasteiger charge is 2.47. The highest BCUT2D eigenvalue weighted by molar-refractivity contribution is 7.90. The number of sulfonamides is 1. The summed E-state index contributed by atoms with van der Waals surface area (Å²) in [5.41, 5.74) is 3.97. The van der Waals surface area contributed by atoms with Gasteiger partial charge in [-0.25, -0.2) is 17.5 Å². The number of likely N-dealkylation sites (tertiary alicyclic amines) is 1. The van der Waals surface area contributed by atoms with Crippen LogP contribution in [0.25, 0.3) is 0 Å². The number of nitrogens with zero attached hydrogens (tertiary/aromatic N) is 2. The smallest absolute Gasteiger partial charge is 0.315 e. The van der Waals surface area contributed by atoms with E-state index in [1.54, 1.807) is 41.5 Å². The number of Topliss-reactive ketones (excluding diaryl/α,β-unsaturated/α-hetero) is 1. The minimum atomic E-state index is -3.67. The Labute approximate surface area is 275 Å². The van der Waals surface area contributed by atoms with Gasteiger partial charge < -0.3 is 26.6 Å². The van der Waals surface area contributed by atoms with Crippen molar-refractivity contribution in [2.24, 2.45) is 28.4 Å². The molecule has 1 unspecified atom stereocenters. The predicted octanol–water partition coefficient (Wildman–Crippen LogP) is 2.14. The van der Waals surface area contributed by atoms with E-state index in [1.165, 1.54) is 16.3 Å². The van der Waals surface area contributed by atoms with Gasteiger partial charge in [0, 0.05) is 26.2 Å². The van der Waals surface area contributed by atoms with E-state index in [2.05, 4.69) is 16.0 Å². The fraction of sp³-hybridized carbons (Fsp3) is 0.844. The summed E-state index contributed by atoms with van der Waals surface area (Å²) in [7, 11) is -2.19. The Morgan fingerprint density at radius 3 is 1.89 bits per heavy atom. The number of urea groups is 1. The van der Waals surface area contributed by atoms with E-state index < -0.39 is 79.3 Å². The lowest BCUT2D eigenvalue weighted by molar-refractivity contribution is -0.144. The average molecular weight is 671 g/mol. The number of rotatable bonds is 13. The Balaban J connectivity index is 2.30. The van der Waals surface area contributed by atoms with Gasteiger partial charge in [-0.05, 0) is 56.3 Å². The van der Waals surface area contributed by atoms with Gasteiger partial charge >= 0.3 is 6.03 Å². The number of hydrogen-bond donors (Lipinski definition) is 4. The molecule has 5 atom stereocenters. The molecule has 46 heavy (non-hydrogen) atoms. The number of primary amides is 1. The number of nitrogens with one attached hydrogen (secondary N) is 3. The third kappa shape index (κ3) is 9.88. The monoisotopic (exact) mass is 670 g/mol. The summed E-state index contributed by atoms with van der Waals surface area (Å²) in [4.78, 5) is 67.1. The van der Waals surface area contributed by atoms with E-state index in [1.807, 2.05) is 27.7 Å². The van der Waals surface area contributed by atoms with Crippen LogP contribution in [0.5, 0.6) is 0 Å². The first kappa shape index (κ1) is 39.4. The largest absolute Gasteiger partial charge is 0.363 e. The third-order valence-corrected chi connectivity index (χ3v) is 11.6. The van der Waals surface area contributed by atoms with E-state index in [-0.39, 0.29) is 24.9 Å². The summed E-state index contributed by atoms with van der Waals surface area (Å²) in [6.07, 6.45) is 3.29. The lowest BCUT2D eigenvalue weighted by Crippen LogP contribution is -2.62. The van der Waals surface area contributed by atoms with Crippen molar-refractivity contribution in [3.63, 3.8) is 0 Å². The molecule has 264 valence electrons. The van der Waals surface area contributed by atoms with Crippen LogP contribution in [-0.4, -0.2) is 96.2 Å². The maximum atomic E-state index is 14.2. The van der Waals surface area contributed by atoms with Gasteiger partial charge in [-0.2, -0.15) is 0 Å². The normalized spacial score (nSPS) is 21.3. The first-order valence-electron chi connectivity index (χ1n) is 16.3. The molecular formula is C32H58N6O7S. The van der Waals surface area contributed by atoms with Crippen molar-refractivity contribution in [2.75, 3.05) is 20.1 Å². The minimum absolute atomic E-state index is 0.0171. The van der Waals surface area contributed by atoms with Crippen molar-refractivity contribution in [3.8, 4) is 0 Å². The number of ketones is 1. The summed E-state index contributed by atoms with van der Waals surface area (Å²) in [6, 6.07) is -4.23. The lowest BCUT2D eigenvalue weighted by Gasteiger charge is -2.38. The van der Waals surface area contributed by atoms with Gasteiger partial charge in [0.2, 0.25) is 27.6 Å². The van der Waals surface area contributed by atoms with Crippen LogP contribution in [0.1, 0.15) is 101 Å². The molecule has 1 saturated carbocycles. The van der Waals surface area contributed by atoms with Crippen molar-refractivity contribution >= 4 is 39.6 Å². The fourth-order valence-corrected chi connectivity index (χ4v) is 7.02. The molecule has 1 heterocycles. The molecule has 13 nitrogen and oxygen atoms in total. The van der Waals surface area contributed by atoms with Crippen LogP contribution in [0.2, 0.25) is 0 Å². The number of carbonyl (C=O) groups is 5. The zero-order valence-corrected chi connectivity index (χ0v) is 30.5. The maximum Gasteiger partial charge on any atom is 0.315 e. The second-order valence-corrected chi connectivity index (χ2v) is 18.9. The number of hydrogen-bond acceptors (Lipinski definition) is 7. The molecule has 0 aromatic rings. The fourth-order valence-electron chi connectivity index (χ4n) is 5.74. The number of nitrogens with two attached hydrogens (primary N) is 1. The van der Waals surface area contributed by atoms with E-state index in [9.17, 15) is 32.4 Å². The summed E-state index contributed by atoms with van der Waals surface area (Å²) in [5, 5.41) is 8.45. The van der Waals surface area contributed by atoms with Gasteiger partial charge in [0.15, 0.2) is 0 Å². The quantitative estimate of drug-likeness (QED) is 0.216. The predicted molar refractivity (Wildman–Crippen MR) is 177 cm³/mol. The molecule has 5 N–H and O–H groups in total. The van der Waals surface area contributed by atoms with Gasteiger partial charge in [0.25, 0.3) is 5.91 Å². The van der Waals surface area contributed by atoms with Crippen LogP contribution >= 0.6 is 0 Å². The Kier molecular flexibility index (Phi) is 12.5. The van der Waals surface area contributed by atoms with E-state index in [4.69, 9.17) is 5.73 Å². The SMILES string of the molecule is CC[C@H]1CCN(C(=O)[C@@H](NC(=O)N[C@H](CN(C)S(=O)(=O)C(C)(C)C)C(C)(C)C)C(C)(C)C)[C@@H]1C(=O)NC(CC1CC1)C(=O)C(N)=O. The number of carbonyl (C=O) groups excluding carboxylic acids is 5. The number of likely N-dealkylation sites (N-methyl/N-ethyl adjacent to an activating group) is 1. The Bertz CT molecular complexity index is 1260. The Hall–Kier alpha value is -2.74. The second-order valence-electron chi connectivity index (χ2n) is 16.1. The van der Waals surface area contributed by atoms with E-state index >= 15 is 0 Å². The second kappa shape index (κ2) is 14.6. The van der Waals surface area contributed by atoms with Gasteiger partial charge in [-0.1, -0.05) is 67.7 Å². The molecule has 0 aromatic heterocycles. The van der Waals surface area contributed by atoms with Crippen molar-refractivity contribution in [2.45, 2.75) is 130 Å². The summed E-state index contributed by atoms with van der Waals surface area (Å²) in [5.74, 6) is -2.89. The standard InChI is InChI=1S/C32H58N6O7S/c1-12-20-15-16-38(23(20)27(41)34-21(17-19-13-14-19)24(39)26(33)40)28(42)25(31(5,6)7)36-29(43)35-22(30(2,3)4)18-37(11)46(44,45)32(8,9)10/h19-23,25H,12-18H2,1-11H3,(H2,33,40)(H,34,41)(H2,35,36,43)/t20-,21?,22+,23-,25+/m0/s1. The van der Waals surface area contributed by atoms with Gasteiger partial charge in [0.1, 0.15) is 12.1 Å². The van der Waals surface area contributed by atoms with Gasteiger partial charge in [-0.3, -0.25) is 19.2 Å². The summed E-state index contributed by atoms with van der Waals surface area (Å²) in [6.45, 7) is 18.1. The van der Waals surface area contributed by atoms with Crippen molar-refractivity contribution in [3.05, 3.63) is 0 Å². The van der Waals surface area contributed by atoms with Crippen molar-refractivity contribution in [1.29, 1.82) is 0 Å². The first-order valence-corrected chi connectivity index (χ1v) is 17.7. The minimum Gasteiger partial charge on any atom is -0.363 e. The van der Waals surface area contributed by atoms with Crippen LogP contribution in [0.15, 0.2) is 0 Å². The third-order valence-electron chi connectivity index (χ3n) is 9.10. The zero-order valence-electron chi connectivity index (χ0n) is 29.7. The van der Waals surface area contributed by atoms with Crippen molar-refractivity contribution in [1.82, 2.24) is 25.2 Å². The van der Waals surface area contributed by atoms with Crippen LogP contribution < -0.4 is 21.7 Å². The maximum absolute atomic E-state index is 14.2. The van der Waals surface area contributed by atoms with Crippen LogP contribution in [0.4, 0.5) is 4.79 Å². The number of amides is 5. The first-order chi connectivity index (χ1) is 20.8. The van der Waals surface area contributed by atoms with Crippen LogP contribution in [0.3, 0.4) is 0 Å². The van der Waals surface area contributed by atoms with E-state index in [0.29, 0.717) is 19.3 Å². The van der Waals surface area contributed by atoms with Gasteiger partial charge in [0.05, 0.1) is 10.8 Å². The zero-order chi connectivity index (χ0) is 35.6. The molecule has 0 spiro atoms. The molecule has 0 radical (unpaired) electrons. The average Bonchev–Trinajstić information content (AvgIpc) is 3.62.